The molecule has 26 heavy (non-hydrogen) atoms. The van der Waals surface area contributed by atoms with Gasteiger partial charge in [-0.1, -0.05) is 54.6 Å². The molecule has 0 bridgehead atoms. The molecule has 2 aromatic carbocycles. The highest BCUT2D eigenvalue weighted by Gasteiger charge is 2.16. The van der Waals surface area contributed by atoms with Crippen molar-refractivity contribution in [3.8, 4) is 11.1 Å². The molecule has 0 saturated heterocycles. The van der Waals surface area contributed by atoms with Crippen LogP contribution in [0.15, 0.2) is 91.3 Å². The predicted molar refractivity (Wildman–Crippen MR) is 105 cm³/mol. The van der Waals surface area contributed by atoms with E-state index in [4.69, 9.17) is 0 Å². The number of carbonyl (C=O) groups is 1. The Balaban J connectivity index is 2.06. The Morgan fingerprint density at radius 2 is 1.58 bits per heavy atom. The summed E-state index contributed by atoms with van der Waals surface area (Å²) in [6.45, 7) is 0. The Kier molecular flexibility index (Phi) is 4.35. The first kappa shape index (κ1) is 15.9. The molecule has 0 aliphatic heterocycles. The van der Waals surface area contributed by atoms with Crippen LogP contribution in [-0.4, -0.2) is 16.3 Å². The first-order chi connectivity index (χ1) is 12.9. The molecule has 124 valence electrons. The van der Waals surface area contributed by atoms with Crippen LogP contribution in [0.1, 0.15) is 11.3 Å². The van der Waals surface area contributed by atoms with E-state index < -0.39 is 0 Å². The summed E-state index contributed by atoms with van der Waals surface area (Å²) in [5.74, 6) is 0. The minimum Gasteiger partial charge on any atom is -0.299 e. The fourth-order valence-corrected chi connectivity index (χ4v) is 3.16. The topological polar surface area (TPSA) is 42.9 Å². The van der Waals surface area contributed by atoms with E-state index >= 15 is 0 Å². The Hall–Kier alpha value is -3.59. The number of rotatable bonds is 4. The van der Waals surface area contributed by atoms with Gasteiger partial charge in [0.1, 0.15) is 6.29 Å². The van der Waals surface area contributed by atoms with E-state index in [-0.39, 0.29) is 0 Å². The number of carbonyl (C=O) groups excluding carboxylic acids is 1. The van der Waals surface area contributed by atoms with Crippen molar-refractivity contribution in [2.45, 2.75) is 0 Å². The molecule has 0 aliphatic carbocycles. The lowest BCUT2D eigenvalue weighted by molar-refractivity contribution is -0.104. The molecular formula is C23H16N2O. The summed E-state index contributed by atoms with van der Waals surface area (Å²) in [4.78, 5) is 20.4. The fourth-order valence-electron chi connectivity index (χ4n) is 3.16. The maximum absolute atomic E-state index is 11.3. The standard InChI is InChI=1S/C23H16N2O/c26-15-13-18(21-12-6-7-14-24-21)20-16-25-22-11-5-4-10-19(22)23(20)17-8-2-1-3-9-17/h1-16H/b18-13+. The minimum atomic E-state index is 0.744. The monoisotopic (exact) mass is 336 g/mol. The number of pyridine rings is 2. The van der Waals surface area contributed by atoms with E-state index in [9.17, 15) is 4.79 Å². The molecule has 0 amide bonds. The van der Waals surface area contributed by atoms with Crippen LogP contribution < -0.4 is 0 Å². The number of allylic oxidation sites excluding steroid dienone is 1. The van der Waals surface area contributed by atoms with Gasteiger partial charge in [0.25, 0.3) is 0 Å². The molecule has 2 aromatic heterocycles. The van der Waals surface area contributed by atoms with Gasteiger partial charge in [-0.3, -0.25) is 14.8 Å². The molecule has 0 atom stereocenters. The van der Waals surface area contributed by atoms with Crippen LogP contribution in [-0.2, 0) is 4.79 Å². The molecule has 3 heteroatoms. The van der Waals surface area contributed by atoms with Crippen molar-refractivity contribution in [2.24, 2.45) is 0 Å². The maximum atomic E-state index is 11.3. The first-order valence-corrected chi connectivity index (χ1v) is 8.39. The van der Waals surface area contributed by atoms with Gasteiger partial charge in [-0.2, -0.15) is 0 Å². The fraction of sp³-hybridized carbons (Fsp3) is 0. The summed E-state index contributed by atoms with van der Waals surface area (Å²) in [7, 11) is 0. The molecule has 0 N–H and O–H groups in total. The number of hydrogen-bond acceptors (Lipinski definition) is 3. The van der Waals surface area contributed by atoms with Crippen LogP contribution in [0.5, 0.6) is 0 Å². The molecule has 3 nitrogen and oxygen atoms in total. The van der Waals surface area contributed by atoms with Crippen LogP contribution in [0, 0.1) is 0 Å². The van der Waals surface area contributed by atoms with Gasteiger partial charge in [-0.25, -0.2) is 0 Å². The second-order valence-electron chi connectivity index (χ2n) is 5.86. The molecule has 2 heterocycles. The van der Waals surface area contributed by atoms with Gasteiger partial charge in [0.2, 0.25) is 0 Å². The summed E-state index contributed by atoms with van der Waals surface area (Å²) in [5, 5.41) is 1.05. The van der Waals surface area contributed by atoms with Crippen LogP contribution in [0.25, 0.3) is 27.6 Å². The van der Waals surface area contributed by atoms with E-state index in [1.165, 1.54) is 0 Å². The molecule has 4 rings (SSSR count). The van der Waals surface area contributed by atoms with E-state index in [1.807, 2.05) is 60.8 Å². The molecular weight excluding hydrogens is 320 g/mol. The second-order valence-corrected chi connectivity index (χ2v) is 5.86. The third-order valence-electron chi connectivity index (χ3n) is 4.30. The van der Waals surface area contributed by atoms with Gasteiger partial charge < -0.3 is 0 Å². The third-order valence-corrected chi connectivity index (χ3v) is 4.30. The summed E-state index contributed by atoms with van der Waals surface area (Å²) in [6.07, 6.45) is 5.91. The van der Waals surface area contributed by atoms with Crippen LogP contribution in [0.4, 0.5) is 0 Å². The number of benzene rings is 2. The normalized spacial score (nSPS) is 11.5. The molecule has 0 unspecified atom stereocenters. The SMILES string of the molecule is O=C/C=C(/c1ccccn1)c1cnc2ccccc2c1-c1ccccc1. The lowest BCUT2D eigenvalue weighted by Crippen LogP contribution is -1.97. The van der Waals surface area contributed by atoms with E-state index in [2.05, 4.69) is 28.2 Å². The van der Waals surface area contributed by atoms with E-state index in [0.717, 1.165) is 45.1 Å². The lowest BCUT2D eigenvalue weighted by atomic mass is 9.91. The Morgan fingerprint density at radius 1 is 0.808 bits per heavy atom. The van der Waals surface area contributed by atoms with Crippen molar-refractivity contribution in [3.63, 3.8) is 0 Å². The van der Waals surface area contributed by atoms with Crippen molar-refractivity contribution < 1.29 is 4.79 Å². The number of nitrogens with zero attached hydrogens (tertiary/aromatic N) is 2. The maximum Gasteiger partial charge on any atom is 0.143 e. The summed E-state index contributed by atoms with van der Waals surface area (Å²) < 4.78 is 0. The van der Waals surface area contributed by atoms with Crippen molar-refractivity contribution in [2.75, 3.05) is 0 Å². The first-order valence-electron chi connectivity index (χ1n) is 8.39. The number of hydrogen-bond donors (Lipinski definition) is 0. The number of para-hydroxylation sites is 1. The van der Waals surface area contributed by atoms with Gasteiger partial charge in [-0.15, -0.1) is 0 Å². The minimum absolute atomic E-state index is 0.744. The van der Waals surface area contributed by atoms with Crippen molar-refractivity contribution in [3.05, 3.63) is 103 Å². The Morgan fingerprint density at radius 3 is 2.35 bits per heavy atom. The Bertz CT molecular complexity index is 1090. The van der Waals surface area contributed by atoms with Gasteiger partial charge in [0.15, 0.2) is 0 Å². The van der Waals surface area contributed by atoms with Crippen molar-refractivity contribution in [1.29, 1.82) is 0 Å². The Labute approximate surface area is 151 Å². The molecule has 0 fully saturated rings. The zero-order valence-electron chi connectivity index (χ0n) is 14.0. The quantitative estimate of drug-likeness (QED) is 0.392. The predicted octanol–water partition coefficient (Wildman–Crippen LogP) is 4.93. The molecule has 0 spiro atoms. The highest BCUT2D eigenvalue weighted by Crippen LogP contribution is 2.36. The zero-order valence-corrected chi connectivity index (χ0v) is 14.0. The van der Waals surface area contributed by atoms with Crippen molar-refractivity contribution >= 4 is 22.8 Å². The van der Waals surface area contributed by atoms with Crippen LogP contribution in [0.2, 0.25) is 0 Å². The molecule has 0 aliphatic rings. The third kappa shape index (κ3) is 2.91. The number of aromatic nitrogens is 2. The summed E-state index contributed by atoms with van der Waals surface area (Å²) in [6, 6.07) is 23.9. The number of aldehydes is 1. The van der Waals surface area contributed by atoms with Crippen LogP contribution in [0.3, 0.4) is 0 Å². The molecule has 0 radical (unpaired) electrons. The van der Waals surface area contributed by atoms with Gasteiger partial charge in [0, 0.05) is 34.5 Å². The lowest BCUT2D eigenvalue weighted by Gasteiger charge is -2.15. The highest BCUT2D eigenvalue weighted by atomic mass is 16.1. The smallest absolute Gasteiger partial charge is 0.143 e. The van der Waals surface area contributed by atoms with Gasteiger partial charge in [0.05, 0.1) is 11.2 Å². The van der Waals surface area contributed by atoms with E-state index in [0.29, 0.717) is 0 Å². The summed E-state index contributed by atoms with van der Waals surface area (Å²) in [5.41, 5.74) is 5.44. The number of fused-ring (bicyclic) bond motifs is 1. The zero-order chi connectivity index (χ0) is 17.8. The van der Waals surface area contributed by atoms with Crippen molar-refractivity contribution in [1.82, 2.24) is 9.97 Å². The van der Waals surface area contributed by atoms with Crippen LogP contribution >= 0.6 is 0 Å². The highest BCUT2D eigenvalue weighted by molar-refractivity contribution is 6.03. The van der Waals surface area contributed by atoms with Gasteiger partial charge >= 0.3 is 0 Å². The van der Waals surface area contributed by atoms with E-state index in [1.54, 1.807) is 12.3 Å². The summed E-state index contributed by atoms with van der Waals surface area (Å²) >= 11 is 0. The average Bonchev–Trinajstić information content (AvgIpc) is 2.72. The van der Waals surface area contributed by atoms with Gasteiger partial charge in [-0.05, 0) is 29.8 Å². The average molecular weight is 336 g/mol. The second kappa shape index (κ2) is 7.11. The molecule has 4 aromatic rings. The molecule has 0 saturated carbocycles. The largest absolute Gasteiger partial charge is 0.299 e.